The van der Waals surface area contributed by atoms with E-state index >= 15 is 0 Å². The lowest BCUT2D eigenvalue weighted by atomic mass is 9.95. The van der Waals surface area contributed by atoms with Gasteiger partial charge in [-0.1, -0.05) is 12.1 Å². The Labute approximate surface area is 111 Å². The molecule has 0 bridgehead atoms. The fourth-order valence-corrected chi connectivity index (χ4v) is 2.47. The van der Waals surface area contributed by atoms with Crippen LogP contribution in [0.3, 0.4) is 0 Å². The van der Waals surface area contributed by atoms with Crippen molar-refractivity contribution < 1.29 is 9.72 Å². The van der Waals surface area contributed by atoms with Gasteiger partial charge in [0.2, 0.25) is 5.91 Å². The third-order valence-electron chi connectivity index (χ3n) is 3.53. The quantitative estimate of drug-likeness (QED) is 0.663. The van der Waals surface area contributed by atoms with Crippen LogP contribution in [0.1, 0.15) is 12.8 Å². The minimum atomic E-state index is -0.361. The first-order valence-corrected chi connectivity index (χ1v) is 6.33. The summed E-state index contributed by atoms with van der Waals surface area (Å²) in [6.07, 6.45) is 1.46. The molecule has 0 radical (unpaired) electrons. The van der Waals surface area contributed by atoms with E-state index in [0.29, 0.717) is 18.8 Å². The van der Waals surface area contributed by atoms with E-state index in [2.05, 4.69) is 5.32 Å². The van der Waals surface area contributed by atoms with Crippen LogP contribution in [0.25, 0.3) is 0 Å². The Hall–Kier alpha value is -2.11. The van der Waals surface area contributed by atoms with Crippen LogP contribution in [0, 0.1) is 16.0 Å². The SMILES string of the molecule is CNC(=O)C1CCN(c2ccccc2[N+](=O)[O-])CC1. The van der Waals surface area contributed by atoms with E-state index in [1.807, 2.05) is 4.90 Å². The number of benzene rings is 1. The van der Waals surface area contributed by atoms with Crippen molar-refractivity contribution in [2.45, 2.75) is 12.8 Å². The number of nitro benzene ring substituents is 1. The third kappa shape index (κ3) is 2.83. The molecule has 2 rings (SSSR count). The van der Waals surface area contributed by atoms with Crippen LogP contribution in [0.5, 0.6) is 0 Å². The standard InChI is InChI=1S/C13H17N3O3/c1-14-13(17)10-6-8-15(9-7-10)11-4-2-3-5-12(11)16(18)19/h2-5,10H,6-9H2,1H3,(H,14,17). The van der Waals surface area contributed by atoms with Gasteiger partial charge in [-0.2, -0.15) is 0 Å². The smallest absolute Gasteiger partial charge is 0.292 e. The van der Waals surface area contributed by atoms with Crippen molar-refractivity contribution in [3.05, 3.63) is 34.4 Å². The van der Waals surface area contributed by atoms with Crippen molar-refractivity contribution in [3.8, 4) is 0 Å². The summed E-state index contributed by atoms with van der Waals surface area (Å²) in [5, 5.41) is 13.7. The molecule has 0 spiro atoms. The van der Waals surface area contributed by atoms with Gasteiger partial charge in [0.15, 0.2) is 0 Å². The summed E-state index contributed by atoms with van der Waals surface area (Å²) >= 11 is 0. The number of carbonyl (C=O) groups excluding carboxylic acids is 1. The zero-order valence-electron chi connectivity index (χ0n) is 10.8. The monoisotopic (exact) mass is 263 g/mol. The molecule has 0 aromatic heterocycles. The molecule has 0 atom stereocenters. The summed E-state index contributed by atoms with van der Waals surface area (Å²) in [7, 11) is 1.64. The Balaban J connectivity index is 2.10. The highest BCUT2D eigenvalue weighted by atomic mass is 16.6. The van der Waals surface area contributed by atoms with E-state index in [1.165, 1.54) is 6.07 Å². The number of hydrogen-bond acceptors (Lipinski definition) is 4. The third-order valence-corrected chi connectivity index (χ3v) is 3.53. The predicted molar refractivity (Wildman–Crippen MR) is 72.1 cm³/mol. The van der Waals surface area contributed by atoms with Crippen molar-refractivity contribution >= 4 is 17.3 Å². The van der Waals surface area contributed by atoms with E-state index in [1.54, 1.807) is 25.2 Å². The molecule has 1 N–H and O–H groups in total. The summed E-state index contributed by atoms with van der Waals surface area (Å²) in [6, 6.07) is 6.74. The number of amides is 1. The molecular weight excluding hydrogens is 246 g/mol. The second-order valence-corrected chi connectivity index (χ2v) is 4.62. The molecule has 1 aromatic carbocycles. The molecular formula is C13H17N3O3. The number of nitrogens with one attached hydrogen (secondary N) is 1. The number of nitro groups is 1. The van der Waals surface area contributed by atoms with Gasteiger partial charge in [0.05, 0.1) is 4.92 Å². The van der Waals surface area contributed by atoms with Crippen LogP contribution >= 0.6 is 0 Å². The first-order chi connectivity index (χ1) is 9.13. The zero-order valence-corrected chi connectivity index (χ0v) is 10.8. The van der Waals surface area contributed by atoms with Crippen molar-refractivity contribution in [1.82, 2.24) is 5.32 Å². The summed E-state index contributed by atoms with van der Waals surface area (Å²) in [5.41, 5.74) is 0.767. The first-order valence-electron chi connectivity index (χ1n) is 6.33. The van der Waals surface area contributed by atoms with E-state index < -0.39 is 0 Å². The Morgan fingerprint density at radius 2 is 2.00 bits per heavy atom. The molecule has 0 aliphatic carbocycles. The summed E-state index contributed by atoms with van der Waals surface area (Å²) < 4.78 is 0. The molecule has 6 nitrogen and oxygen atoms in total. The van der Waals surface area contributed by atoms with Crippen LogP contribution in [0.15, 0.2) is 24.3 Å². The van der Waals surface area contributed by atoms with Crippen molar-refractivity contribution in [1.29, 1.82) is 0 Å². The number of hydrogen-bond donors (Lipinski definition) is 1. The number of piperidine rings is 1. The maximum atomic E-state index is 11.5. The lowest BCUT2D eigenvalue weighted by Gasteiger charge is -2.32. The van der Waals surface area contributed by atoms with Crippen LogP contribution < -0.4 is 10.2 Å². The summed E-state index contributed by atoms with van der Waals surface area (Å²) in [4.78, 5) is 24.2. The molecule has 1 aliphatic heterocycles. The van der Waals surface area contributed by atoms with Gasteiger partial charge >= 0.3 is 0 Å². The van der Waals surface area contributed by atoms with Crippen LogP contribution in [-0.2, 0) is 4.79 Å². The molecule has 102 valence electrons. The number of para-hydroxylation sites is 2. The molecule has 0 unspecified atom stereocenters. The second-order valence-electron chi connectivity index (χ2n) is 4.62. The molecule has 1 amide bonds. The predicted octanol–water partition coefficient (Wildman–Crippen LogP) is 1.56. The van der Waals surface area contributed by atoms with E-state index in [-0.39, 0.29) is 22.4 Å². The van der Waals surface area contributed by atoms with Gasteiger partial charge in [0.1, 0.15) is 5.69 Å². The van der Waals surface area contributed by atoms with E-state index in [4.69, 9.17) is 0 Å². The number of rotatable bonds is 3. The second kappa shape index (κ2) is 5.69. The Morgan fingerprint density at radius 1 is 1.37 bits per heavy atom. The normalized spacial score (nSPS) is 16.2. The molecule has 1 saturated heterocycles. The Morgan fingerprint density at radius 3 is 2.58 bits per heavy atom. The van der Waals surface area contributed by atoms with Gasteiger partial charge in [-0.3, -0.25) is 14.9 Å². The maximum absolute atomic E-state index is 11.5. The lowest BCUT2D eigenvalue weighted by molar-refractivity contribution is -0.384. The highest BCUT2D eigenvalue weighted by molar-refractivity contribution is 5.78. The lowest BCUT2D eigenvalue weighted by Crippen LogP contribution is -2.39. The molecule has 19 heavy (non-hydrogen) atoms. The summed E-state index contributed by atoms with van der Waals surface area (Å²) in [5.74, 6) is 0.0752. The average molecular weight is 263 g/mol. The average Bonchev–Trinajstić information content (AvgIpc) is 2.46. The van der Waals surface area contributed by atoms with Gasteiger partial charge in [-0.05, 0) is 18.9 Å². The largest absolute Gasteiger partial charge is 0.366 e. The topological polar surface area (TPSA) is 75.5 Å². The minimum Gasteiger partial charge on any atom is -0.366 e. The van der Waals surface area contributed by atoms with Gasteiger partial charge in [0.25, 0.3) is 5.69 Å². The molecule has 0 saturated carbocycles. The van der Waals surface area contributed by atoms with E-state index in [0.717, 1.165) is 12.8 Å². The molecule has 1 heterocycles. The van der Waals surface area contributed by atoms with Gasteiger partial charge < -0.3 is 10.2 Å². The highest BCUT2D eigenvalue weighted by Crippen LogP contribution is 2.31. The van der Waals surface area contributed by atoms with Crippen LogP contribution in [0.4, 0.5) is 11.4 Å². The Kier molecular flexibility index (Phi) is 3.99. The van der Waals surface area contributed by atoms with Gasteiger partial charge in [0, 0.05) is 32.1 Å². The molecule has 1 fully saturated rings. The Bertz CT molecular complexity index is 482. The summed E-state index contributed by atoms with van der Waals surface area (Å²) in [6.45, 7) is 1.34. The van der Waals surface area contributed by atoms with Crippen LogP contribution in [0.2, 0.25) is 0 Å². The van der Waals surface area contributed by atoms with Gasteiger partial charge in [-0.15, -0.1) is 0 Å². The highest BCUT2D eigenvalue weighted by Gasteiger charge is 2.27. The molecule has 6 heteroatoms. The van der Waals surface area contributed by atoms with Crippen molar-refractivity contribution in [3.63, 3.8) is 0 Å². The van der Waals surface area contributed by atoms with Crippen molar-refractivity contribution in [2.75, 3.05) is 25.0 Å². The number of carbonyl (C=O) groups is 1. The maximum Gasteiger partial charge on any atom is 0.292 e. The van der Waals surface area contributed by atoms with Crippen molar-refractivity contribution in [2.24, 2.45) is 5.92 Å². The van der Waals surface area contributed by atoms with E-state index in [9.17, 15) is 14.9 Å². The number of nitrogens with zero attached hydrogens (tertiary/aromatic N) is 2. The van der Waals surface area contributed by atoms with Crippen LogP contribution in [-0.4, -0.2) is 31.0 Å². The fourth-order valence-electron chi connectivity index (χ4n) is 2.47. The molecule has 1 aromatic rings. The number of anilines is 1. The minimum absolute atomic E-state index is 0.0176. The fraction of sp³-hybridized carbons (Fsp3) is 0.462. The van der Waals surface area contributed by atoms with Gasteiger partial charge in [-0.25, -0.2) is 0 Å². The molecule has 1 aliphatic rings. The first kappa shape index (κ1) is 13.3. The zero-order chi connectivity index (χ0) is 13.8.